The van der Waals surface area contributed by atoms with E-state index >= 15 is 0 Å². The second kappa shape index (κ2) is 8.27. The number of hydrogen-bond donors (Lipinski definition) is 1. The summed E-state index contributed by atoms with van der Waals surface area (Å²) >= 11 is 0. The van der Waals surface area contributed by atoms with Crippen LogP contribution >= 0.6 is 0 Å². The highest BCUT2D eigenvalue weighted by molar-refractivity contribution is 6.14. The van der Waals surface area contributed by atoms with Gasteiger partial charge in [0, 0.05) is 11.6 Å². The molecule has 140 valence electrons. The largest absolute Gasteiger partial charge is 0.496 e. The molecular weight excluding hydrogens is 348 g/mol. The van der Waals surface area contributed by atoms with Crippen molar-refractivity contribution in [2.24, 2.45) is 4.99 Å². The summed E-state index contributed by atoms with van der Waals surface area (Å²) in [6.07, 6.45) is 1.63. The van der Waals surface area contributed by atoms with Crippen molar-refractivity contribution in [3.63, 3.8) is 0 Å². The zero-order valence-corrected chi connectivity index (χ0v) is 15.3. The molecule has 7 heteroatoms. The van der Waals surface area contributed by atoms with E-state index in [1.54, 1.807) is 39.5 Å². The predicted octanol–water partition coefficient (Wildman–Crippen LogP) is 2.66. The molecule has 1 N–H and O–H groups in total. The number of carbonyl (C=O) groups excluding carboxylic acids is 1. The molecule has 0 radical (unpaired) electrons. The van der Waals surface area contributed by atoms with Crippen LogP contribution < -0.4 is 24.3 Å². The molecule has 0 fully saturated rings. The Morgan fingerprint density at radius 2 is 1.63 bits per heavy atom. The minimum atomic E-state index is -0.307. The maximum Gasteiger partial charge on any atom is 0.275 e. The van der Waals surface area contributed by atoms with E-state index in [0.29, 0.717) is 34.4 Å². The molecule has 2 aromatic rings. The van der Waals surface area contributed by atoms with E-state index in [1.165, 1.54) is 0 Å². The third-order valence-corrected chi connectivity index (χ3v) is 3.89. The van der Waals surface area contributed by atoms with Crippen LogP contribution in [0.15, 0.2) is 53.2 Å². The smallest absolute Gasteiger partial charge is 0.275 e. The SMILES string of the molecule is COc1cc(OC)c(OC)cc1/C=C1\N=C(COc2ccccc2)NC1=O. The number of benzene rings is 2. The first kappa shape index (κ1) is 18.3. The Morgan fingerprint density at radius 1 is 0.963 bits per heavy atom. The Labute approximate surface area is 157 Å². The van der Waals surface area contributed by atoms with Crippen molar-refractivity contribution in [3.8, 4) is 23.0 Å². The van der Waals surface area contributed by atoms with Crippen LogP contribution in [0, 0.1) is 0 Å². The van der Waals surface area contributed by atoms with E-state index in [9.17, 15) is 4.79 Å². The van der Waals surface area contributed by atoms with Crippen LogP contribution in [0.1, 0.15) is 5.56 Å². The number of aliphatic imine (C=N–C) groups is 1. The van der Waals surface area contributed by atoms with E-state index in [4.69, 9.17) is 18.9 Å². The Morgan fingerprint density at radius 3 is 2.30 bits per heavy atom. The number of hydrogen-bond acceptors (Lipinski definition) is 6. The van der Waals surface area contributed by atoms with Gasteiger partial charge in [-0.25, -0.2) is 4.99 Å². The highest BCUT2D eigenvalue weighted by Gasteiger charge is 2.21. The first-order valence-corrected chi connectivity index (χ1v) is 8.23. The van der Waals surface area contributed by atoms with Gasteiger partial charge in [0.1, 0.15) is 29.6 Å². The minimum Gasteiger partial charge on any atom is -0.496 e. The molecule has 0 aromatic heterocycles. The van der Waals surface area contributed by atoms with Crippen LogP contribution in [0.2, 0.25) is 0 Å². The van der Waals surface area contributed by atoms with Crippen LogP contribution in [0.5, 0.6) is 23.0 Å². The van der Waals surface area contributed by atoms with Crippen molar-refractivity contribution in [2.75, 3.05) is 27.9 Å². The number of amides is 1. The Kier molecular flexibility index (Phi) is 5.61. The lowest BCUT2D eigenvalue weighted by molar-refractivity contribution is -0.115. The monoisotopic (exact) mass is 368 g/mol. The van der Waals surface area contributed by atoms with Crippen LogP contribution in [-0.4, -0.2) is 39.7 Å². The van der Waals surface area contributed by atoms with Gasteiger partial charge in [0.25, 0.3) is 5.91 Å². The molecule has 27 heavy (non-hydrogen) atoms. The maximum absolute atomic E-state index is 12.2. The fraction of sp³-hybridized carbons (Fsp3) is 0.200. The van der Waals surface area contributed by atoms with Gasteiger partial charge in [0.05, 0.1) is 21.3 Å². The van der Waals surface area contributed by atoms with Gasteiger partial charge in [-0.3, -0.25) is 4.79 Å². The zero-order chi connectivity index (χ0) is 19.2. The molecule has 0 bridgehead atoms. The minimum absolute atomic E-state index is 0.163. The number of amidine groups is 1. The van der Waals surface area contributed by atoms with Gasteiger partial charge in [-0.15, -0.1) is 0 Å². The lowest BCUT2D eigenvalue weighted by Gasteiger charge is -2.12. The van der Waals surface area contributed by atoms with E-state index in [0.717, 1.165) is 0 Å². The lowest BCUT2D eigenvalue weighted by atomic mass is 10.1. The van der Waals surface area contributed by atoms with Gasteiger partial charge in [0.2, 0.25) is 0 Å². The van der Waals surface area contributed by atoms with Crippen molar-refractivity contribution >= 4 is 17.8 Å². The molecule has 2 aromatic carbocycles. The summed E-state index contributed by atoms with van der Waals surface area (Å²) in [7, 11) is 4.63. The highest BCUT2D eigenvalue weighted by Crippen LogP contribution is 2.36. The van der Waals surface area contributed by atoms with Gasteiger partial charge in [-0.2, -0.15) is 0 Å². The second-order valence-electron chi connectivity index (χ2n) is 5.59. The molecule has 0 spiro atoms. The third kappa shape index (κ3) is 4.20. The quantitative estimate of drug-likeness (QED) is 0.760. The van der Waals surface area contributed by atoms with E-state index in [1.807, 2.05) is 30.3 Å². The number of methoxy groups -OCH3 is 3. The summed E-state index contributed by atoms with van der Waals surface area (Å²) in [5, 5.41) is 2.70. The number of para-hydroxylation sites is 1. The average molecular weight is 368 g/mol. The fourth-order valence-electron chi connectivity index (χ4n) is 2.57. The molecule has 0 saturated carbocycles. The standard InChI is InChI=1S/C20H20N2O5/c1-24-16-11-18(26-3)17(25-2)10-13(16)9-15-20(23)22-19(21-15)12-27-14-7-5-4-6-8-14/h4-11H,12H2,1-3H3,(H,21,22,23)/b15-9-. The van der Waals surface area contributed by atoms with Crippen molar-refractivity contribution in [3.05, 3.63) is 53.7 Å². The number of nitrogens with zero attached hydrogens (tertiary/aromatic N) is 1. The number of rotatable bonds is 7. The van der Waals surface area contributed by atoms with Crippen LogP contribution in [0.4, 0.5) is 0 Å². The number of carbonyl (C=O) groups is 1. The normalized spacial score (nSPS) is 14.6. The third-order valence-electron chi connectivity index (χ3n) is 3.89. The van der Waals surface area contributed by atoms with Gasteiger partial charge in [0.15, 0.2) is 11.5 Å². The van der Waals surface area contributed by atoms with E-state index in [2.05, 4.69) is 10.3 Å². The van der Waals surface area contributed by atoms with Crippen LogP contribution in [-0.2, 0) is 4.79 Å². The van der Waals surface area contributed by atoms with Gasteiger partial charge in [-0.05, 0) is 24.3 Å². The molecule has 0 saturated heterocycles. The van der Waals surface area contributed by atoms with Gasteiger partial charge in [-0.1, -0.05) is 18.2 Å². The summed E-state index contributed by atoms with van der Waals surface area (Å²) in [6, 6.07) is 12.7. The second-order valence-corrected chi connectivity index (χ2v) is 5.59. The molecule has 7 nitrogen and oxygen atoms in total. The van der Waals surface area contributed by atoms with Crippen molar-refractivity contribution in [1.29, 1.82) is 0 Å². The van der Waals surface area contributed by atoms with Gasteiger partial charge < -0.3 is 24.3 Å². The fourth-order valence-corrected chi connectivity index (χ4v) is 2.57. The summed E-state index contributed by atoms with van der Waals surface area (Å²) in [5.41, 5.74) is 0.904. The Balaban J connectivity index is 1.83. The van der Waals surface area contributed by atoms with Crippen molar-refractivity contribution < 1.29 is 23.7 Å². The highest BCUT2D eigenvalue weighted by atomic mass is 16.5. The first-order chi connectivity index (χ1) is 13.1. The molecule has 0 aliphatic carbocycles. The average Bonchev–Trinajstić information content (AvgIpc) is 3.06. The molecule has 1 aliphatic heterocycles. The van der Waals surface area contributed by atoms with Crippen molar-refractivity contribution in [1.82, 2.24) is 5.32 Å². The topological polar surface area (TPSA) is 78.4 Å². The maximum atomic E-state index is 12.2. The van der Waals surface area contributed by atoms with Crippen LogP contribution in [0.25, 0.3) is 6.08 Å². The Hall–Kier alpha value is -3.48. The molecule has 3 rings (SSSR count). The van der Waals surface area contributed by atoms with Crippen LogP contribution in [0.3, 0.4) is 0 Å². The molecule has 1 heterocycles. The molecule has 1 aliphatic rings. The van der Waals surface area contributed by atoms with Crippen molar-refractivity contribution in [2.45, 2.75) is 0 Å². The first-order valence-electron chi connectivity index (χ1n) is 8.23. The zero-order valence-electron chi connectivity index (χ0n) is 15.3. The predicted molar refractivity (Wildman–Crippen MR) is 102 cm³/mol. The Bertz CT molecular complexity index is 891. The van der Waals surface area contributed by atoms with E-state index in [-0.39, 0.29) is 18.2 Å². The summed E-state index contributed by atoms with van der Waals surface area (Å²) in [5.74, 6) is 2.44. The van der Waals surface area contributed by atoms with Gasteiger partial charge >= 0.3 is 0 Å². The number of ether oxygens (including phenoxy) is 4. The summed E-state index contributed by atoms with van der Waals surface area (Å²) < 4.78 is 21.6. The molecule has 0 atom stereocenters. The summed E-state index contributed by atoms with van der Waals surface area (Å²) in [6.45, 7) is 0.163. The number of nitrogens with one attached hydrogen (secondary N) is 1. The molecule has 1 amide bonds. The summed E-state index contributed by atoms with van der Waals surface area (Å²) in [4.78, 5) is 16.5. The molecule has 0 unspecified atom stereocenters. The lowest BCUT2D eigenvalue weighted by Crippen LogP contribution is -2.28. The van der Waals surface area contributed by atoms with E-state index < -0.39 is 0 Å². The molecular formula is C20H20N2O5.